The lowest BCUT2D eigenvalue weighted by Gasteiger charge is -2.39. The van der Waals surface area contributed by atoms with Crippen molar-refractivity contribution in [3.05, 3.63) is 58.9 Å². The number of hydrogen-bond acceptors (Lipinski definition) is 3. The minimum absolute atomic E-state index is 0.669. The Hall–Kier alpha value is -1.84. The van der Waals surface area contributed by atoms with Crippen molar-refractivity contribution in [1.82, 2.24) is 14.8 Å². The molecule has 0 N–H and O–H groups in total. The summed E-state index contributed by atoms with van der Waals surface area (Å²) in [7, 11) is 2.20. The second-order valence-corrected chi connectivity index (χ2v) is 9.01. The van der Waals surface area contributed by atoms with E-state index >= 15 is 0 Å². The van der Waals surface area contributed by atoms with E-state index in [1.165, 1.54) is 42.8 Å². The molecule has 0 saturated carbocycles. The molecule has 4 heteroatoms. The summed E-state index contributed by atoms with van der Waals surface area (Å²) in [6.45, 7) is 15.9. The number of allylic oxidation sites excluding steroid dienone is 1. The van der Waals surface area contributed by atoms with Crippen molar-refractivity contribution in [2.45, 2.75) is 58.4 Å². The van der Waals surface area contributed by atoms with Gasteiger partial charge in [-0.05, 0) is 63.3 Å². The van der Waals surface area contributed by atoms with Crippen molar-refractivity contribution in [3.8, 4) is 0 Å². The lowest BCUT2D eigenvalue weighted by atomic mass is 9.94. The molecule has 4 rings (SSSR count). The predicted molar refractivity (Wildman–Crippen MR) is 131 cm³/mol. The third-order valence-corrected chi connectivity index (χ3v) is 6.83. The molecule has 2 aromatic rings. The Kier molecular flexibility index (Phi) is 7.96. The van der Waals surface area contributed by atoms with Gasteiger partial charge in [-0.3, -0.25) is 4.98 Å². The maximum atomic E-state index is 6.49. The number of likely N-dealkylation sites (N-methyl/N-ethyl adjacent to an activating group) is 1. The second-order valence-electron chi connectivity index (χ2n) is 8.63. The maximum Gasteiger partial charge on any atom is 0.0726 e. The molecule has 1 aliphatic heterocycles. The molecule has 1 unspecified atom stereocenters. The SMILES string of the molecule is C=C(CCC)N1CCN(C)C(C)C1.C=Cc1ccc2c(Cl)c3c(nc2c1)CCCC3. The molecule has 1 fully saturated rings. The summed E-state index contributed by atoms with van der Waals surface area (Å²) in [5, 5.41) is 1.97. The number of piperazine rings is 1. The summed E-state index contributed by atoms with van der Waals surface area (Å²) < 4.78 is 0. The molecule has 1 aliphatic carbocycles. The Morgan fingerprint density at radius 3 is 2.73 bits per heavy atom. The fourth-order valence-electron chi connectivity index (χ4n) is 4.29. The summed E-state index contributed by atoms with van der Waals surface area (Å²) in [6.07, 6.45) is 8.78. The predicted octanol–water partition coefficient (Wildman–Crippen LogP) is 6.35. The largest absolute Gasteiger partial charge is 0.372 e. The Morgan fingerprint density at radius 1 is 1.27 bits per heavy atom. The van der Waals surface area contributed by atoms with Crippen molar-refractivity contribution in [2.24, 2.45) is 0 Å². The van der Waals surface area contributed by atoms with E-state index in [9.17, 15) is 0 Å². The molecule has 1 aromatic carbocycles. The molecule has 0 bridgehead atoms. The molecule has 2 heterocycles. The lowest BCUT2D eigenvalue weighted by Crippen LogP contribution is -2.49. The van der Waals surface area contributed by atoms with Crippen LogP contribution in [0.2, 0.25) is 5.02 Å². The van der Waals surface area contributed by atoms with Crippen LogP contribution in [0.4, 0.5) is 0 Å². The van der Waals surface area contributed by atoms with Gasteiger partial charge in [-0.25, -0.2) is 0 Å². The number of nitrogens with zero attached hydrogens (tertiary/aromatic N) is 3. The Bertz CT molecular complexity index is 905. The van der Waals surface area contributed by atoms with E-state index in [-0.39, 0.29) is 0 Å². The van der Waals surface area contributed by atoms with Crippen LogP contribution in [-0.2, 0) is 12.8 Å². The van der Waals surface area contributed by atoms with Crippen LogP contribution in [-0.4, -0.2) is 47.5 Å². The van der Waals surface area contributed by atoms with Crippen LogP contribution in [0.5, 0.6) is 0 Å². The lowest BCUT2D eigenvalue weighted by molar-refractivity contribution is 0.128. The first-order chi connectivity index (χ1) is 14.4. The van der Waals surface area contributed by atoms with E-state index in [0.717, 1.165) is 53.8 Å². The monoisotopic (exact) mass is 425 g/mol. The van der Waals surface area contributed by atoms with Gasteiger partial charge in [0.2, 0.25) is 0 Å². The fourth-order valence-corrected chi connectivity index (χ4v) is 4.66. The number of aryl methyl sites for hydroxylation is 1. The number of rotatable bonds is 4. The maximum absolute atomic E-state index is 6.49. The van der Waals surface area contributed by atoms with Crippen molar-refractivity contribution in [2.75, 3.05) is 26.7 Å². The summed E-state index contributed by atoms with van der Waals surface area (Å²) in [6, 6.07) is 6.82. The highest BCUT2D eigenvalue weighted by molar-refractivity contribution is 6.36. The zero-order valence-electron chi connectivity index (χ0n) is 18.9. The van der Waals surface area contributed by atoms with Crippen LogP contribution in [0.25, 0.3) is 17.0 Å². The van der Waals surface area contributed by atoms with Crippen LogP contribution in [0.15, 0.2) is 37.1 Å². The normalized spacial score (nSPS) is 19.1. The molecular formula is C26H36ClN3. The molecule has 2 aliphatic rings. The first kappa shape index (κ1) is 22.8. The summed E-state index contributed by atoms with van der Waals surface area (Å²) in [4.78, 5) is 9.60. The van der Waals surface area contributed by atoms with Crippen molar-refractivity contribution < 1.29 is 0 Å². The van der Waals surface area contributed by atoms with E-state index in [1.807, 2.05) is 12.1 Å². The Labute approximate surface area is 187 Å². The first-order valence-corrected chi connectivity index (χ1v) is 11.7. The van der Waals surface area contributed by atoms with Gasteiger partial charge in [0.05, 0.1) is 10.5 Å². The van der Waals surface area contributed by atoms with Crippen LogP contribution in [0.1, 0.15) is 56.4 Å². The molecule has 0 radical (unpaired) electrons. The van der Waals surface area contributed by atoms with Crippen molar-refractivity contribution >= 4 is 28.6 Å². The summed E-state index contributed by atoms with van der Waals surface area (Å²) in [5.41, 5.74) is 5.86. The minimum Gasteiger partial charge on any atom is -0.372 e. The number of hydrogen-bond donors (Lipinski definition) is 0. The number of pyridine rings is 1. The molecule has 1 saturated heterocycles. The molecule has 0 amide bonds. The number of fused-ring (bicyclic) bond motifs is 2. The molecule has 1 aromatic heterocycles. The van der Waals surface area contributed by atoms with Crippen LogP contribution < -0.4 is 0 Å². The van der Waals surface area contributed by atoms with Gasteiger partial charge in [-0.1, -0.05) is 56.3 Å². The van der Waals surface area contributed by atoms with E-state index in [2.05, 4.69) is 56.0 Å². The average Bonchev–Trinajstić information content (AvgIpc) is 2.76. The number of benzene rings is 1. The third-order valence-electron chi connectivity index (χ3n) is 6.40. The van der Waals surface area contributed by atoms with Crippen molar-refractivity contribution in [1.29, 1.82) is 0 Å². The standard InChI is InChI=1S/C15H14ClN.C11H22N2/c1-2-10-7-8-12-14(9-10)17-13-6-4-3-5-11(13)15(12)16;1-5-6-10(2)13-8-7-12(4)11(3)9-13/h2,7-9H,1,3-6H2;11H,2,5-9H2,1,3-4H3. The molecule has 162 valence electrons. The molecular weight excluding hydrogens is 390 g/mol. The molecule has 30 heavy (non-hydrogen) atoms. The highest BCUT2D eigenvalue weighted by Gasteiger charge is 2.20. The Morgan fingerprint density at radius 2 is 2.03 bits per heavy atom. The van der Waals surface area contributed by atoms with Crippen LogP contribution >= 0.6 is 11.6 Å². The van der Waals surface area contributed by atoms with Crippen LogP contribution in [0.3, 0.4) is 0 Å². The highest BCUT2D eigenvalue weighted by atomic mass is 35.5. The first-order valence-electron chi connectivity index (χ1n) is 11.3. The topological polar surface area (TPSA) is 19.4 Å². The quantitative estimate of drug-likeness (QED) is 0.569. The molecule has 1 atom stereocenters. The van der Waals surface area contributed by atoms with Gasteiger partial charge in [0.25, 0.3) is 0 Å². The summed E-state index contributed by atoms with van der Waals surface area (Å²) >= 11 is 6.49. The van der Waals surface area contributed by atoms with Gasteiger partial charge >= 0.3 is 0 Å². The second kappa shape index (κ2) is 10.5. The smallest absolute Gasteiger partial charge is 0.0726 e. The number of aromatic nitrogens is 1. The minimum atomic E-state index is 0.669. The van der Waals surface area contributed by atoms with Gasteiger partial charge in [-0.15, -0.1) is 0 Å². The van der Waals surface area contributed by atoms with Gasteiger partial charge in [0.1, 0.15) is 0 Å². The van der Waals surface area contributed by atoms with E-state index in [4.69, 9.17) is 16.6 Å². The fraction of sp³-hybridized carbons (Fsp3) is 0.500. The third kappa shape index (κ3) is 5.25. The van der Waals surface area contributed by atoms with Crippen LogP contribution in [0, 0.1) is 0 Å². The Balaban J connectivity index is 0.000000178. The van der Waals surface area contributed by atoms with Gasteiger partial charge in [-0.2, -0.15) is 0 Å². The van der Waals surface area contributed by atoms with E-state index in [1.54, 1.807) is 0 Å². The van der Waals surface area contributed by atoms with E-state index in [0.29, 0.717) is 6.04 Å². The highest BCUT2D eigenvalue weighted by Crippen LogP contribution is 2.33. The zero-order chi connectivity index (χ0) is 21.7. The zero-order valence-corrected chi connectivity index (χ0v) is 19.6. The van der Waals surface area contributed by atoms with Gasteiger partial charge in [0, 0.05) is 42.5 Å². The average molecular weight is 426 g/mol. The van der Waals surface area contributed by atoms with Crippen molar-refractivity contribution in [3.63, 3.8) is 0 Å². The number of halogens is 1. The summed E-state index contributed by atoms with van der Waals surface area (Å²) in [5.74, 6) is 0. The molecule has 3 nitrogen and oxygen atoms in total. The van der Waals surface area contributed by atoms with Gasteiger partial charge in [0.15, 0.2) is 0 Å². The molecule has 0 spiro atoms. The van der Waals surface area contributed by atoms with E-state index < -0.39 is 0 Å². The van der Waals surface area contributed by atoms with Gasteiger partial charge < -0.3 is 9.80 Å².